The molecule has 1 atom stereocenters. The van der Waals surface area contributed by atoms with Gasteiger partial charge in [-0.3, -0.25) is 0 Å². The zero-order chi connectivity index (χ0) is 16.8. The molecule has 0 saturated carbocycles. The first kappa shape index (κ1) is 17.8. The van der Waals surface area contributed by atoms with E-state index in [1.54, 1.807) is 11.3 Å². The van der Waals surface area contributed by atoms with Crippen molar-refractivity contribution in [2.24, 2.45) is 0 Å². The van der Waals surface area contributed by atoms with Crippen molar-refractivity contribution in [1.82, 2.24) is 10.3 Å². The van der Waals surface area contributed by atoms with E-state index in [0.29, 0.717) is 0 Å². The number of nitrogens with one attached hydrogen (secondary N) is 2. The summed E-state index contributed by atoms with van der Waals surface area (Å²) in [6.07, 6.45) is 0. The van der Waals surface area contributed by atoms with Crippen LogP contribution >= 0.6 is 11.3 Å². The lowest BCUT2D eigenvalue weighted by Gasteiger charge is -2.22. The lowest BCUT2D eigenvalue weighted by atomic mass is 10.1. The minimum atomic E-state index is 0.290. The second-order valence-electron chi connectivity index (χ2n) is 5.65. The molecule has 0 radical (unpaired) electrons. The Balaban J connectivity index is 2.11. The van der Waals surface area contributed by atoms with Crippen LogP contribution in [0.5, 0.6) is 0 Å². The Labute approximate surface area is 143 Å². The fraction of sp³-hybridized carbons (Fsp3) is 0.500. The number of anilines is 3. The van der Waals surface area contributed by atoms with E-state index in [4.69, 9.17) is 0 Å². The van der Waals surface area contributed by atoms with Crippen molar-refractivity contribution in [3.63, 3.8) is 0 Å². The fourth-order valence-electron chi connectivity index (χ4n) is 2.64. The number of hydrogen-bond donors (Lipinski definition) is 2. The molecule has 1 aromatic carbocycles. The number of hydrogen-bond acceptors (Lipinski definition) is 5. The highest BCUT2D eigenvalue weighted by Crippen LogP contribution is 2.28. The van der Waals surface area contributed by atoms with Crippen molar-refractivity contribution >= 4 is 27.8 Å². The van der Waals surface area contributed by atoms with Gasteiger partial charge in [-0.2, -0.15) is 0 Å². The largest absolute Gasteiger partial charge is 0.372 e. The molecule has 2 rings (SSSR count). The minimum absolute atomic E-state index is 0.290. The predicted molar refractivity (Wildman–Crippen MR) is 102 cm³/mol. The highest BCUT2D eigenvalue weighted by atomic mass is 32.1. The molecule has 0 aliphatic heterocycles. The van der Waals surface area contributed by atoms with Gasteiger partial charge in [0.15, 0.2) is 5.13 Å². The third-order valence-corrected chi connectivity index (χ3v) is 4.83. The van der Waals surface area contributed by atoms with Crippen molar-refractivity contribution in [3.05, 3.63) is 34.8 Å². The van der Waals surface area contributed by atoms with Gasteiger partial charge < -0.3 is 15.5 Å². The van der Waals surface area contributed by atoms with Gasteiger partial charge in [0.05, 0.1) is 5.69 Å². The molecule has 0 aliphatic rings. The van der Waals surface area contributed by atoms with E-state index in [0.717, 1.165) is 36.1 Å². The van der Waals surface area contributed by atoms with Gasteiger partial charge in [-0.15, -0.1) is 11.3 Å². The van der Waals surface area contributed by atoms with Crippen molar-refractivity contribution in [2.75, 3.05) is 29.9 Å². The quantitative estimate of drug-likeness (QED) is 0.734. The van der Waals surface area contributed by atoms with E-state index in [1.807, 2.05) is 0 Å². The molecule has 4 nitrogen and oxygen atoms in total. The summed E-state index contributed by atoms with van der Waals surface area (Å²) in [4.78, 5) is 7.05. The normalized spacial score (nSPS) is 12.2. The molecule has 1 heterocycles. The molecule has 0 fully saturated rings. The first-order chi connectivity index (χ1) is 11.1. The topological polar surface area (TPSA) is 40.2 Å². The number of rotatable bonds is 8. The Morgan fingerprint density at radius 2 is 1.96 bits per heavy atom. The zero-order valence-corrected chi connectivity index (χ0v) is 15.6. The number of nitrogens with zero attached hydrogens (tertiary/aromatic N) is 2. The van der Waals surface area contributed by atoms with Gasteiger partial charge in [0.1, 0.15) is 0 Å². The highest BCUT2D eigenvalue weighted by Gasteiger charge is 2.10. The molecule has 0 saturated heterocycles. The van der Waals surface area contributed by atoms with Crippen molar-refractivity contribution in [3.8, 4) is 0 Å². The molecule has 0 amide bonds. The van der Waals surface area contributed by atoms with Crippen molar-refractivity contribution in [2.45, 2.75) is 40.7 Å². The van der Waals surface area contributed by atoms with Crippen LogP contribution in [-0.2, 0) is 0 Å². The summed E-state index contributed by atoms with van der Waals surface area (Å²) < 4.78 is 0. The van der Waals surface area contributed by atoms with Gasteiger partial charge in [0.25, 0.3) is 0 Å². The molecule has 5 heteroatoms. The summed E-state index contributed by atoms with van der Waals surface area (Å²) in [5.74, 6) is 0. The maximum Gasteiger partial charge on any atom is 0.187 e. The lowest BCUT2D eigenvalue weighted by molar-refractivity contribution is 0.587. The van der Waals surface area contributed by atoms with Gasteiger partial charge in [0, 0.05) is 35.9 Å². The zero-order valence-electron chi connectivity index (χ0n) is 14.8. The predicted octanol–water partition coefficient (Wildman–Crippen LogP) is 4.71. The van der Waals surface area contributed by atoms with Crippen LogP contribution in [0, 0.1) is 6.92 Å². The summed E-state index contributed by atoms with van der Waals surface area (Å²) in [5.41, 5.74) is 4.74. The van der Waals surface area contributed by atoms with Crippen molar-refractivity contribution in [1.29, 1.82) is 0 Å². The van der Waals surface area contributed by atoms with E-state index in [2.05, 4.69) is 78.7 Å². The van der Waals surface area contributed by atoms with Crippen LogP contribution in [0.1, 0.15) is 45.0 Å². The van der Waals surface area contributed by atoms with Gasteiger partial charge in [-0.25, -0.2) is 4.98 Å². The number of aromatic nitrogens is 1. The number of aryl methyl sites for hydroxylation is 1. The molecule has 0 bridgehead atoms. The van der Waals surface area contributed by atoms with Crippen LogP contribution in [-0.4, -0.2) is 24.6 Å². The number of thiazole rings is 1. The van der Waals surface area contributed by atoms with E-state index >= 15 is 0 Å². The Morgan fingerprint density at radius 1 is 1.22 bits per heavy atom. The van der Waals surface area contributed by atoms with Crippen LogP contribution in [0.3, 0.4) is 0 Å². The van der Waals surface area contributed by atoms with Gasteiger partial charge >= 0.3 is 0 Å². The summed E-state index contributed by atoms with van der Waals surface area (Å²) in [6.45, 7) is 13.8. The molecule has 0 spiro atoms. The SMILES string of the molecule is CCNC(C)c1csc(Nc2ccc(N(CC)CC)cc2C)n1. The monoisotopic (exact) mass is 332 g/mol. The van der Waals surface area contributed by atoms with Crippen LogP contribution < -0.4 is 15.5 Å². The first-order valence-corrected chi connectivity index (χ1v) is 9.28. The van der Waals surface area contributed by atoms with Crippen LogP contribution in [0.15, 0.2) is 23.6 Å². The van der Waals surface area contributed by atoms with Crippen LogP contribution in [0.2, 0.25) is 0 Å². The van der Waals surface area contributed by atoms with Crippen LogP contribution in [0.4, 0.5) is 16.5 Å². The van der Waals surface area contributed by atoms with E-state index < -0.39 is 0 Å². The summed E-state index contributed by atoms with van der Waals surface area (Å²) in [6, 6.07) is 6.86. The third-order valence-electron chi connectivity index (χ3n) is 4.06. The molecule has 1 unspecified atom stereocenters. The molecular weight excluding hydrogens is 304 g/mol. The van der Waals surface area contributed by atoms with Crippen LogP contribution in [0.25, 0.3) is 0 Å². The molecule has 1 aromatic heterocycles. The highest BCUT2D eigenvalue weighted by molar-refractivity contribution is 7.13. The molecule has 0 aliphatic carbocycles. The fourth-order valence-corrected chi connectivity index (χ4v) is 3.46. The van der Waals surface area contributed by atoms with Gasteiger partial charge in [-0.1, -0.05) is 6.92 Å². The average Bonchev–Trinajstić information content (AvgIpc) is 3.00. The van der Waals surface area contributed by atoms with E-state index in [-0.39, 0.29) is 6.04 Å². The Hall–Kier alpha value is -1.59. The number of benzene rings is 1. The summed E-state index contributed by atoms with van der Waals surface area (Å²) in [7, 11) is 0. The molecule has 126 valence electrons. The molecule has 2 N–H and O–H groups in total. The molecular formula is C18H28N4S. The van der Waals surface area contributed by atoms with E-state index in [1.165, 1.54) is 11.3 Å². The second kappa shape index (κ2) is 8.31. The minimum Gasteiger partial charge on any atom is -0.372 e. The Morgan fingerprint density at radius 3 is 2.57 bits per heavy atom. The standard InChI is InChI=1S/C18H28N4S/c1-6-19-14(5)17-12-23-18(21-17)20-16-10-9-15(11-13(16)4)22(7-2)8-3/h9-12,14,19H,6-8H2,1-5H3,(H,20,21). The van der Waals surface area contributed by atoms with Crippen molar-refractivity contribution < 1.29 is 0 Å². The maximum absolute atomic E-state index is 4.69. The van der Waals surface area contributed by atoms with Gasteiger partial charge in [-0.05, 0) is 58.0 Å². The van der Waals surface area contributed by atoms with Gasteiger partial charge in [0.2, 0.25) is 0 Å². The first-order valence-electron chi connectivity index (χ1n) is 8.40. The Kier molecular flexibility index (Phi) is 6.42. The summed E-state index contributed by atoms with van der Waals surface area (Å²) >= 11 is 1.65. The smallest absolute Gasteiger partial charge is 0.187 e. The molecule has 23 heavy (non-hydrogen) atoms. The Bertz CT molecular complexity index is 619. The third kappa shape index (κ3) is 4.45. The maximum atomic E-state index is 4.69. The second-order valence-corrected chi connectivity index (χ2v) is 6.51. The lowest BCUT2D eigenvalue weighted by Crippen LogP contribution is -2.21. The average molecular weight is 333 g/mol. The summed E-state index contributed by atoms with van der Waals surface area (Å²) in [5, 5.41) is 9.91. The van der Waals surface area contributed by atoms with E-state index in [9.17, 15) is 0 Å². The molecule has 2 aromatic rings.